The molecule has 0 bridgehead atoms. The SMILES string of the molecule is CC1(C)OB(c2ccc(C(=O)Nc3ccc(CN4CCS(=O)(=O)CC4)cc3)cc2)OC1(C)C. The smallest absolute Gasteiger partial charge is 0.399 e. The van der Waals surface area contributed by atoms with Crippen molar-refractivity contribution < 1.29 is 22.5 Å². The fraction of sp³-hybridized carbons (Fsp3) is 0.458. The summed E-state index contributed by atoms with van der Waals surface area (Å²) in [5, 5.41) is 2.92. The van der Waals surface area contributed by atoms with Crippen molar-refractivity contribution in [2.45, 2.75) is 45.4 Å². The highest BCUT2D eigenvalue weighted by molar-refractivity contribution is 7.91. The van der Waals surface area contributed by atoms with E-state index in [2.05, 4.69) is 10.2 Å². The molecule has 2 aliphatic heterocycles. The lowest BCUT2D eigenvalue weighted by Gasteiger charge is -2.32. The van der Waals surface area contributed by atoms with E-state index in [9.17, 15) is 13.2 Å². The first-order chi connectivity index (χ1) is 15.4. The van der Waals surface area contributed by atoms with E-state index < -0.39 is 28.2 Å². The topological polar surface area (TPSA) is 84.9 Å². The van der Waals surface area contributed by atoms with E-state index in [1.807, 2.05) is 64.1 Å². The normalized spacial score (nSPS) is 21.6. The molecule has 9 heteroatoms. The molecule has 0 unspecified atom stereocenters. The van der Waals surface area contributed by atoms with Gasteiger partial charge in [-0.2, -0.15) is 0 Å². The van der Waals surface area contributed by atoms with E-state index in [0.717, 1.165) is 11.0 Å². The molecular weight excluding hydrogens is 439 g/mol. The number of anilines is 1. The van der Waals surface area contributed by atoms with Gasteiger partial charge in [-0.05, 0) is 63.0 Å². The second-order valence-electron chi connectivity index (χ2n) is 9.79. The summed E-state index contributed by atoms with van der Waals surface area (Å²) in [5.41, 5.74) is 2.39. The number of sulfone groups is 1. The molecular formula is C24H31BN2O5S. The molecule has 2 saturated heterocycles. The summed E-state index contributed by atoms with van der Waals surface area (Å²) >= 11 is 0. The average Bonchev–Trinajstić information content (AvgIpc) is 2.98. The molecule has 33 heavy (non-hydrogen) atoms. The summed E-state index contributed by atoms with van der Waals surface area (Å²) in [6, 6.07) is 14.9. The van der Waals surface area contributed by atoms with Gasteiger partial charge in [0.25, 0.3) is 5.91 Å². The number of benzene rings is 2. The quantitative estimate of drug-likeness (QED) is 0.676. The highest BCUT2D eigenvalue weighted by Gasteiger charge is 2.51. The van der Waals surface area contributed by atoms with E-state index in [1.54, 1.807) is 12.1 Å². The molecule has 2 heterocycles. The van der Waals surface area contributed by atoms with Gasteiger partial charge in [0.2, 0.25) is 0 Å². The van der Waals surface area contributed by atoms with Gasteiger partial charge in [0, 0.05) is 30.9 Å². The van der Waals surface area contributed by atoms with Crippen LogP contribution in [0.15, 0.2) is 48.5 Å². The summed E-state index contributed by atoms with van der Waals surface area (Å²) < 4.78 is 35.3. The van der Waals surface area contributed by atoms with Crippen LogP contribution >= 0.6 is 0 Å². The number of nitrogens with one attached hydrogen (secondary N) is 1. The molecule has 0 aromatic heterocycles. The molecule has 0 spiro atoms. The third-order valence-corrected chi connectivity index (χ3v) is 8.36. The minimum absolute atomic E-state index is 0.190. The van der Waals surface area contributed by atoms with Crippen LogP contribution in [-0.2, 0) is 25.7 Å². The standard InChI is InChI=1S/C24H31BN2O5S/c1-23(2)24(3,4)32-25(31-23)20-9-7-19(8-10-20)22(28)26-21-11-5-18(6-12-21)17-27-13-15-33(29,30)16-14-27/h5-12H,13-17H2,1-4H3,(H,26,28). The number of hydrogen-bond donors (Lipinski definition) is 1. The summed E-state index contributed by atoms with van der Waals surface area (Å²) in [4.78, 5) is 14.8. The molecule has 2 aliphatic rings. The van der Waals surface area contributed by atoms with Crippen molar-refractivity contribution in [2.75, 3.05) is 29.9 Å². The van der Waals surface area contributed by atoms with Gasteiger partial charge >= 0.3 is 7.12 Å². The van der Waals surface area contributed by atoms with Gasteiger partial charge in [0.15, 0.2) is 9.84 Å². The van der Waals surface area contributed by atoms with Crippen LogP contribution in [0.5, 0.6) is 0 Å². The highest BCUT2D eigenvalue weighted by atomic mass is 32.2. The molecule has 0 radical (unpaired) electrons. The Morgan fingerprint density at radius 3 is 2.03 bits per heavy atom. The maximum atomic E-state index is 12.7. The second-order valence-corrected chi connectivity index (χ2v) is 12.1. The highest BCUT2D eigenvalue weighted by Crippen LogP contribution is 2.36. The van der Waals surface area contributed by atoms with Crippen LogP contribution in [0.3, 0.4) is 0 Å². The fourth-order valence-electron chi connectivity index (χ4n) is 3.83. The Balaban J connectivity index is 1.33. The van der Waals surface area contributed by atoms with Crippen LogP contribution in [0.4, 0.5) is 5.69 Å². The lowest BCUT2D eigenvalue weighted by molar-refractivity contribution is 0.00578. The third kappa shape index (κ3) is 5.49. The first-order valence-corrected chi connectivity index (χ1v) is 13.0. The fourth-order valence-corrected chi connectivity index (χ4v) is 5.11. The van der Waals surface area contributed by atoms with Crippen LogP contribution in [0.25, 0.3) is 0 Å². The Bertz CT molecular complexity index is 1080. The van der Waals surface area contributed by atoms with Crippen molar-refractivity contribution in [2.24, 2.45) is 0 Å². The van der Waals surface area contributed by atoms with Crippen LogP contribution in [0.1, 0.15) is 43.6 Å². The molecule has 2 aromatic carbocycles. The maximum Gasteiger partial charge on any atom is 0.494 e. The van der Waals surface area contributed by atoms with Gasteiger partial charge < -0.3 is 14.6 Å². The molecule has 2 fully saturated rings. The van der Waals surface area contributed by atoms with Crippen LogP contribution in [0, 0.1) is 0 Å². The molecule has 4 rings (SSSR count). The number of nitrogens with zero attached hydrogens (tertiary/aromatic N) is 1. The van der Waals surface area contributed by atoms with E-state index >= 15 is 0 Å². The minimum Gasteiger partial charge on any atom is -0.399 e. The van der Waals surface area contributed by atoms with E-state index in [-0.39, 0.29) is 17.4 Å². The predicted molar refractivity (Wildman–Crippen MR) is 130 cm³/mol. The molecule has 0 saturated carbocycles. The van der Waals surface area contributed by atoms with E-state index in [4.69, 9.17) is 9.31 Å². The Morgan fingerprint density at radius 2 is 1.48 bits per heavy atom. The molecule has 2 aromatic rings. The van der Waals surface area contributed by atoms with Crippen molar-refractivity contribution in [1.82, 2.24) is 4.90 Å². The Labute approximate surface area is 196 Å². The van der Waals surface area contributed by atoms with Gasteiger partial charge in [-0.1, -0.05) is 24.3 Å². The molecule has 1 N–H and O–H groups in total. The summed E-state index contributed by atoms with van der Waals surface area (Å²) in [7, 11) is -3.33. The average molecular weight is 470 g/mol. The molecule has 176 valence electrons. The zero-order valence-electron chi connectivity index (χ0n) is 19.6. The van der Waals surface area contributed by atoms with Gasteiger partial charge in [0.05, 0.1) is 22.7 Å². The summed E-state index contributed by atoms with van der Waals surface area (Å²) in [5.74, 6) is 0.243. The summed E-state index contributed by atoms with van der Waals surface area (Å²) in [6.45, 7) is 9.86. The zero-order chi connectivity index (χ0) is 23.9. The van der Waals surface area contributed by atoms with Gasteiger partial charge in [0.1, 0.15) is 0 Å². The minimum atomic E-state index is -2.88. The molecule has 0 aliphatic carbocycles. The van der Waals surface area contributed by atoms with Crippen LogP contribution in [-0.4, -0.2) is 62.1 Å². The predicted octanol–water partition coefficient (Wildman–Crippen LogP) is 2.47. The lowest BCUT2D eigenvalue weighted by atomic mass is 9.79. The molecule has 0 atom stereocenters. The Morgan fingerprint density at radius 1 is 0.939 bits per heavy atom. The van der Waals surface area contributed by atoms with E-state index in [1.165, 1.54) is 0 Å². The van der Waals surface area contributed by atoms with E-state index in [0.29, 0.717) is 30.9 Å². The number of carbonyl (C=O) groups is 1. The molecule has 7 nitrogen and oxygen atoms in total. The first-order valence-electron chi connectivity index (χ1n) is 11.2. The largest absolute Gasteiger partial charge is 0.494 e. The lowest BCUT2D eigenvalue weighted by Crippen LogP contribution is -2.41. The van der Waals surface area contributed by atoms with Crippen LogP contribution in [0.2, 0.25) is 0 Å². The monoisotopic (exact) mass is 470 g/mol. The number of hydrogen-bond acceptors (Lipinski definition) is 6. The van der Waals surface area contributed by atoms with Gasteiger partial charge in [-0.15, -0.1) is 0 Å². The molecule has 1 amide bonds. The third-order valence-electron chi connectivity index (χ3n) is 6.75. The number of carbonyl (C=O) groups excluding carboxylic acids is 1. The summed E-state index contributed by atoms with van der Waals surface area (Å²) in [6.07, 6.45) is 0. The second kappa shape index (κ2) is 8.87. The van der Waals surface area contributed by atoms with Crippen molar-refractivity contribution >= 4 is 34.0 Å². The number of rotatable bonds is 5. The first kappa shape index (κ1) is 23.9. The maximum absolute atomic E-state index is 12.7. The van der Waals surface area contributed by atoms with Gasteiger partial charge in [-0.25, -0.2) is 8.42 Å². The van der Waals surface area contributed by atoms with Gasteiger partial charge in [-0.3, -0.25) is 9.69 Å². The Kier molecular flexibility index (Phi) is 6.44. The van der Waals surface area contributed by atoms with Crippen LogP contribution < -0.4 is 10.8 Å². The zero-order valence-corrected chi connectivity index (χ0v) is 20.4. The number of amides is 1. The van der Waals surface area contributed by atoms with Crippen molar-refractivity contribution in [1.29, 1.82) is 0 Å². The van der Waals surface area contributed by atoms with Crippen molar-refractivity contribution in [3.8, 4) is 0 Å². The van der Waals surface area contributed by atoms with Crippen molar-refractivity contribution in [3.63, 3.8) is 0 Å². The van der Waals surface area contributed by atoms with Crippen molar-refractivity contribution in [3.05, 3.63) is 59.7 Å². The Hall–Kier alpha value is -2.20.